The van der Waals surface area contributed by atoms with E-state index in [2.05, 4.69) is 37.2 Å². The predicted molar refractivity (Wildman–Crippen MR) is 151 cm³/mol. The van der Waals surface area contributed by atoms with Crippen molar-refractivity contribution in [2.75, 3.05) is 25.2 Å². The number of barbiturate groups is 1. The van der Waals surface area contributed by atoms with Crippen molar-refractivity contribution in [2.24, 2.45) is 0 Å². The van der Waals surface area contributed by atoms with Gasteiger partial charge in [0.1, 0.15) is 11.3 Å². The number of methoxy groups -OCH3 is 1. The lowest BCUT2D eigenvalue weighted by molar-refractivity contribution is -0.122. The van der Waals surface area contributed by atoms with Gasteiger partial charge < -0.3 is 14.2 Å². The Balaban J connectivity index is 1.47. The van der Waals surface area contributed by atoms with Crippen LogP contribution in [0.3, 0.4) is 0 Å². The number of nitrogens with one attached hydrogen (secondary N) is 1. The minimum atomic E-state index is -0.818. The summed E-state index contributed by atoms with van der Waals surface area (Å²) in [5.41, 5.74) is 0.627. The molecule has 0 aliphatic carbocycles. The molecule has 1 N–H and O–H groups in total. The Bertz CT molecular complexity index is 1390. The molecular weight excluding hydrogens is 644 g/mol. The average molecular weight is 665 g/mol. The van der Waals surface area contributed by atoms with Gasteiger partial charge in [0.2, 0.25) is 0 Å². The molecule has 11 heteroatoms. The molecule has 4 amide bonds. The highest BCUT2D eigenvalue weighted by Crippen LogP contribution is 2.37. The van der Waals surface area contributed by atoms with E-state index in [1.54, 1.807) is 60.7 Å². The van der Waals surface area contributed by atoms with Gasteiger partial charge in [0.25, 0.3) is 11.8 Å². The molecule has 1 saturated heterocycles. The lowest BCUT2D eigenvalue weighted by atomic mass is 10.1. The summed E-state index contributed by atoms with van der Waals surface area (Å²) in [5, 5.41) is 2.85. The van der Waals surface area contributed by atoms with Gasteiger partial charge >= 0.3 is 6.03 Å². The van der Waals surface area contributed by atoms with Crippen molar-refractivity contribution in [2.45, 2.75) is 6.42 Å². The topological polar surface area (TPSA) is 94.2 Å². The number of hydrogen-bond acceptors (Lipinski definition) is 6. The molecule has 1 heterocycles. The average Bonchev–Trinajstić information content (AvgIpc) is 2.89. The minimum absolute atomic E-state index is 0.200. The van der Waals surface area contributed by atoms with Crippen LogP contribution in [-0.4, -0.2) is 38.2 Å². The fourth-order valence-corrected chi connectivity index (χ4v) is 4.53. The van der Waals surface area contributed by atoms with E-state index in [0.29, 0.717) is 57.6 Å². The molecule has 0 bridgehead atoms. The van der Waals surface area contributed by atoms with Crippen LogP contribution >= 0.6 is 43.5 Å². The molecule has 196 valence electrons. The van der Waals surface area contributed by atoms with Crippen LogP contribution in [0.5, 0.6) is 17.2 Å². The maximum atomic E-state index is 13.1. The minimum Gasteiger partial charge on any atom is -0.493 e. The Morgan fingerprint density at radius 2 is 1.63 bits per heavy atom. The number of carbonyl (C=O) groups excluding carboxylic acids is 3. The van der Waals surface area contributed by atoms with Crippen LogP contribution in [0.25, 0.3) is 6.08 Å². The zero-order chi connectivity index (χ0) is 27.2. The fraction of sp³-hybridized carbons (Fsp3) is 0.148. The Labute approximate surface area is 240 Å². The van der Waals surface area contributed by atoms with Gasteiger partial charge in [0.05, 0.1) is 30.5 Å². The normalized spacial score (nSPS) is 14.5. The molecule has 0 radical (unpaired) electrons. The summed E-state index contributed by atoms with van der Waals surface area (Å²) in [5.74, 6) is 0.0514. The molecule has 0 aromatic heterocycles. The molecule has 0 saturated carbocycles. The van der Waals surface area contributed by atoms with Crippen LogP contribution in [0.15, 0.2) is 75.2 Å². The van der Waals surface area contributed by atoms with E-state index in [1.807, 2.05) is 0 Å². The van der Waals surface area contributed by atoms with E-state index in [9.17, 15) is 14.4 Å². The fourth-order valence-electron chi connectivity index (χ4n) is 3.57. The second-order valence-electron chi connectivity index (χ2n) is 7.97. The predicted octanol–water partition coefficient (Wildman–Crippen LogP) is 6.39. The second kappa shape index (κ2) is 12.5. The number of urea groups is 1. The number of benzene rings is 3. The van der Waals surface area contributed by atoms with Crippen LogP contribution in [0.4, 0.5) is 10.5 Å². The van der Waals surface area contributed by atoms with Gasteiger partial charge in [-0.2, -0.15) is 0 Å². The van der Waals surface area contributed by atoms with Crippen molar-refractivity contribution < 1.29 is 28.6 Å². The van der Waals surface area contributed by atoms with E-state index in [0.717, 1.165) is 9.37 Å². The first kappa shape index (κ1) is 27.7. The third-order valence-corrected chi connectivity index (χ3v) is 6.74. The number of carbonyl (C=O) groups is 3. The van der Waals surface area contributed by atoms with Crippen LogP contribution in [0, 0.1) is 0 Å². The number of imide groups is 2. The van der Waals surface area contributed by atoms with E-state index >= 15 is 0 Å². The summed E-state index contributed by atoms with van der Waals surface area (Å²) in [6.45, 7) is 0.796. The number of ether oxygens (including phenoxy) is 3. The zero-order valence-electron chi connectivity index (χ0n) is 20.0. The highest BCUT2D eigenvalue weighted by Gasteiger charge is 2.36. The number of anilines is 1. The molecule has 4 rings (SSSR count). The maximum absolute atomic E-state index is 13.1. The molecule has 0 spiro atoms. The number of rotatable bonds is 9. The Kier molecular flexibility index (Phi) is 9.09. The third-order valence-electron chi connectivity index (χ3n) is 5.37. The van der Waals surface area contributed by atoms with Gasteiger partial charge in [0, 0.05) is 15.9 Å². The summed E-state index contributed by atoms with van der Waals surface area (Å²) < 4.78 is 18.4. The van der Waals surface area contributed by atoms with E-state index in [4.69, 9.17) is 25.8 Å². The molecule has 1 aliphatic rings. The Morgan fingerprint density at radius 3 is 2.32 bits per heavy atom. The lowest BCUT2D eigenvalue weighted by Gasteiger charge is -2.26. The first-order valence-corrected chi connectivity index (χ1v) is 13.3. The first-order valence-electron chi connectivity index (χ1n) is 11.3. The monoisotopic (exact) mass is 662 g/mol. The maximum Gasteiger partial charge on any atom is 0.335 e. The molecule has 0 atom stereocenters. The van der Waals surface area contributed by atoms with Gasteiger partial charge in [-0.1, -0.05) is 27.5 Å². The summed E-state index contributed by atoms with van der Waals surface area (Å²) in [6, 6.07) is 16.2. The largest absolute Gasteiger partial charge is 0.493 e. The van der Waals surface area contributed by atoms with Crippen LogP contribution < -0.4 is 24.4 Å². The molecule has 1 fully saturated rings. The van der Waals surface area contributed by atoms with Crippen molar-refractivity contribution in [3.63, 3.8) is 0 Å². The van der Waals surface area contributed by atoms with Gasteiger partial charge in [-0.3, -0.25) is 14.9 Å². The van der Waals surface area contributed by atoms with Crippen LogP contribution in [0.2, 0.25) is 5.02 Å². The summed E-state index contributed by atoms with van der Waals surface area (Å²) in [4.78, 5) is 39.0. The third kappa shape index (κ3) is 6.56. The van der Waals surface area contributed by atoms with Crippen LogP contribution in [-0.2, 0) is 9.59 Å². The van der Waals surface area contributed by atoms with Gasteiger partial charge in [-0.15, -0.1) is 0 Å². The van der Waals surface area contributed by atoms with Crippen molar-refractivity contribution in [1.29, 1.82) is 0 Å². The first-order chi connectivity index (χ1) is 18.3. The number of amides is 4. The number of halogens is 3. The number of nitrogens with zero attached hydrogens (tertiary/aromatic N) is 1. The number of hydrogen-bond donors (Lipinski definition) is 1. The van der Waals surface area contributed by atoms with E-state index in [1.165, 1.54) is 13.2 Å². The van der Waals surface area contributed by atoms with E-state index < -0.39 is 17.8 Å². The van der Waals surface area contributed by atoms with E-state index in [-0.39, 0.29) is 5.57 Å². The summed E-state index contributed by atoms with van der Waals surface area (Å²) in [7, 11) is 1.49. The van der Waals surface area contributed by atoms with Gasteiger partial charge in [0.15, 0.2) is 11.5 Å². The van der Waals surface area contributed by atoms with Crippen molar-refractivity contribution >= 4 is 73.1 Å². The molecule has 38 heavy (non-hydrogen) atoms. The molecule has 8 nitrogen and oxygen atoms in total. The molecular formula is C27H21Br2ClN2O6. The zero-order valence-corrected chi connectivity index (χ0v) is 23.9. The molecule has 1 aliphatic heterocycles. The summed E-state index contributed by atoms with van der Waals surface area (Å²) >= 11 is 12.7. The quantitative estimate of drug-likeness (QED) is 0.162. The van der Waals surface area contributed by atoms with Crippen molar-refractivity contribution in [1.82, 2.24) is 5.32 Å². The molecule has 0 unspecified atom stereocenters. The van der Waals surface area contributed by atoms with Crippen LogP contribution in [0.1, 0.15) is 12.0 Å². The Morgan fingerprint density at radius 1 is 0.947 bits per heavy atom. The van der Waals surface area contributed by atoms with Crippen molar-refractivity contribution in [3.05, 3.63) is 85.8 Å². The lowest BCUT2D eigenvalue weighted by Crippen LogP contribution is -2.54. The van der Waals surface area contributed by atoms with Gasteiger partial charge in [-0.25, -0.2) is 9.69 Å². The second-order valence-corrected chi connectivity index (χ2v) is 10.2. The Hall–Kier alpha value is -3.34. The van der Waals surface area contributed by atoms with Gasteiger partial charge in [-0.05, 0) is 88.2 Å². The molecule has 3 aromatic carbocycles. The summed E-state index contributed by atoms with van der Waals surface area (Å²) in [6.07, 6.45) is 2.01. The highest BCUT2D eigenvalue weighted by atomic mass is 79.9. The smallest absolute Gasteiger partial charge is 0.335 e. The SMILES string of the molecule is COc1cc(/C=C2/C(=O)NC(=O)N(c3ccc(Br)cc3)C2=O)cc(Br)c1OCCCOc1ccc(Cl)cc1. The molecule has 3 aromatic rings. The standard InChI is InChI=1S/C27H21Br2ClN2O6/c1-36-23-15-16(14-22(29)24(23)38-12-2-11-37-20-9-5-18(30)6-10-20)13-21-25(33)31-27(35)32(26(21)34)19-7-3-17(28)4-8-19/h3-10,13-15H,2,11-12H2,1H3,(H,31,33,35)/b21-13-. The highest BCUT2D eigenvalue weighted by molar-refractivity contribution is 9.10. The van der Waals surface area contributed by atoms with Crippen molar-refractivity contribution in [3.8, 4) is 17.2 Å².